The summed E-state index contributed by atoms with van der Waals surface area (Å²) in [4.78, 5) is 1.48. The zero-order chi connectivity index (χ0) is 16.3. The summed E-state index contributed by atoms with van der Waals surface area (Å²) in [7, 11) is -1.58. The summed E-state index contributed by atoms with van der Waals surface area (Å²) < 4.78 is 13.7. The molecular weight excluding hydrogens is 309 g/mol. The van der Waals surface area contributed by atoms with E-state index in [0.29, 0.717) is 4.90 Å². The molecule has 0 aliphatic heterocycles. The molecule has 0 aromatic heterocycles. The van der Waals surface area contributed by atoms with Crippen LogP contribution in [0.2, 0.25) is 19.6 Å². The number of hydrogen-bond acceptors (Lipinski definition) is 2. The van der Waals surface area contributed by atoms with Gasteiger partial charge in [-0.15, -0.1) is 6.42 Å². The quantitative estimate of drug-likeness (QED) is 0.618. The van der Waals surface area contributed by atoms with E-state index in [4.69, 9.17) is 11.7 Å². The fourth-order valence-corrected chi connectivity index (χ4v) is 4.90. The second-order valence-corrected chi connectivity index (χ2v) is 12.0. The fourth-order valence-electron chi connectivity index (χ4n) is 2.21. The van der Waals surface area contributed by atoms with Gasteiger partial charge in [0.05, 0.1) is 8.07 Å². The minimum Gasteiger partial charge on any atom is -0.206 e. The lowest BCUT2D eigenvalue weighted by molar-refractivity contribution is 0.620. The molecule has 0 N–H and O–H groups in total. The van der Waals surface area contributed by atoms with Crippen molar-refractivity contribution in [2.75, 3.05) is 0 Å². The molecule has 0 aliphatic rings. The number of benzene rings is 2. The number of rotatable bonds is 3. The molecule has 2 aromatic carbocycles. The van der Waals surface area contributed by atoms with Gasteiger partial charge in [-0.25, -0.2) is 4.39 Å². The average molecular weight is 325 g/mol. The Morgan fingerprint density at radius 2 is 1.64 bits per heavy atom. The first-order chi connectivity index (χ1) is 10.4. The topological polar surface area (TPSA) is 23.8 Å². The van der Waals surface area contributed by atoms with Gasteiger partial charge in [-0.05, 0) is 23.4 Å². The third-order valence-electron chi connectivity index (χ3n) is 3.29. The van der Waals surface area contributed by atoms with Crippen LogP contribution in [0.3, 0.4) is 0 Å². The SMILES string of the molecule is C#Cc1c(Sc2cccc(F)c2C#N)cccc1[Si](C)(C)C. The van der Waals surface area contributed by atoms with Crippen molar-refractivity contribution in [1.29, 1.82) is 5.26 Å². The molecule has 0 fully saturated rings. The van der Waals surface area contributed by atoms with Crippen molar-refractivity contribution < 1.29 is 4.39 Å². The minimum atomic E-state index is -1.58. The van der Waals surface area contributed by atoms with Crippen LogP contribution in [-0.2, 0) is 0 Å². The molecule has 1 nitrogen and oxygen atoms in total. The van der Waals surface area contributed by atoms with Crippen molar-refractivity contribution in [1.82, 2.24) is 0 Å². The molecule has 0 unspecified atom stereocenters. The van der Waals surface area contributed by atoms with Crippen molar-refractivity contribution in [2.24, 2.45) is 0 Å². The predicted octanol–water partition coefficient (Wildman–Crippen LogP) is 4.38. The normalized spacial score (nSPS) is 10.8. The van der Waals surface area contributed by atoms with Crippen molar-refractivity contribution in [3.05, 3.63) is 53.3 Å². The van der Waals surface area contributed by atoms with Gasteiger partial charge in [0.1, 0.15) is 17.4 Å². The van der Waals surface area contributed by atoms with Crippen LogP contribution in [0.4, 0.5) is 4.39 Å². The molecule has 0 bridgehead atoms. The molecule has 4 heteroatoms. The standard InChI is InChI=1S/C18H16FNSSi/c1-5-13-16(10-7-11-18(13)22(2,3)4)21-17-9-6-8-15(19)14(17)12-20/h1,6-11H,2-4H3. The lowest BCUT2D eigenvalue weighted by Crippen LogP contribution is -2.39. The maximum Gasteiger partial charge on any atom is 0.142 e. The monoisotopic (exact) mass is 325 g/mol. The van der Waals surface area contributed by atoms with Gasteiger partial charge in [-0.2, -0.15) is 5.26 Å². The molecule has 0 amide bonds. The zero-order valence-electron chi connectivity index (χ0n) is 12.8. The molecule has 0 saturated heterocycles. The van der Waals surface area contributed by atoms with Gasteiger partial charge in [0.2, 0.25) is 0 Å². The Labute approximate surface area is 136 Å². The second-order valence-electron chi connectivity index (χ2n) is 5.90. The average Bonchev–Trinajstić information content (AvgIpc) is 2.46. The molecule has 0 heterocycles. The van der Waals surface area contributed by atoms with E-state index < -0.39 is 13.9 Å². The van der Waals surface area contributed by atoms with Crippen LogP contribution in [0.1, 0.15) is 11.1 Å². The lowest BCUT2D eigenvalue weighted by Gasteiger charge is -2.20. The Balaban J connectivity index is 2.55. The van der Waals surface area contributed by atoms with Crippen LogP contribution in [-0.4, -0.2) is 8.07 Å². The van der Waals surface area contributed by atoms with E-state index in [1.807, 2.05) is 18.2 Å². The van der Waals surface area contributed by atoms with Crippen molar-refractivity contribution in [3.8, 4) is 18.4 Å². The molecular formula is C18H16FNSSi. The minimum absolute atomic E-state index is 0.0638. The van der Waals surface area contributed by atoms with Gasteiger partial charge < -0.3 is 0 Å². The van der Waals surface area contributed by atoms with E-state index in [0.717, 1.165) is 10.5 Å². The Bertz CT molecular complexity index is 794. The highest BCUT2D eigenvalue weighted by molar-refractivity contribution is 7.99. The Morgan fingerprint density at radius 1 is 1.05 bits per heavy atom. The number of hydrogen-bond donors (Lipinski definition) is 0. The van der Waals surface area contributed by atoms with Gasteiger partial charge in [-0.1, -0.05) is 55.5 Å². The molecule has 0 aliphatic carbocycles. The van der Waals surface area contributed by atoms with Gasteiger partial charge >= 0.3 is 0 Å². The van der Waals surface area contributed by atoms with Crippen LogP contribution < -0.4 is 5.19 Å². The third-order valence-corrected chi connectivity index (χ3v) is 6.44. The molecule has 0 atom stereocenters. The predicted molar refractivity (Wildman–Crippen MR) is 92.6 cm³/mol. The Kier molecular flexibility index (Phi) is 4.76. The number of terminal acetylenes is 1. The summed E-state index contributed by atoms with van der Waals surface area (Å²) in [6, 6.07) is 12.5. The highest BCUT2D eigenvalue weighted by Gasteiger charge is 2.22. The van der Waals surface area contributed by atoms with Gasteiger partial charge in [-0.3, -0.25) is 0 Å². The maximum atomic E-state index is 13.7. The van der Waals surface area contributed by atoms with E-state index in [2.05, 4.69) is 31.6 Å². The van der Waals surface area contributed by atoms with Crippen LogP contribution in [0, 0.1) is 29.5 Å². The van der Waals surface area contributed by atoms with E-state index >= 15 is 0 Å². The highest BCUT2D eigenvalue weighted by Crippen LogP contribution is 2.33. The summed E-state index contributed by atoms with van der Waals surface area (Å²) >= 11 is 1.35. The second kappa shape index (κ2) is 6.40. The summed E-state index contributed by atoms with van der Waals surface area (Å²) in [5, 5.41) is 10.4. The first kappa shape index (κ1) is 16.4. The zero-order valence-corrected chi connectivity index (χ0v) is 14.6. The molecule has 2 rings (SSSR count). The summed E-state index contributed by atoms with van der Waals surface area (Å²) in [5.74, 6) is 2.28. The van der Waals surface area contributed by atoms with E-state index in [9.17, 15) is 4.39 Å². The molecule has 2 aromatic rings. The number of nitrogens with zero attached hydrogens (tertiary/aromatic N) is 1. The van der Waals surface area contributed by atoms with Crippen molar-refractivity contribution in [3.63, 3.8) is 0 Å². The van der Waals surface area contributed by atoms with Gasteiger partial charge in [0.25, 0.3) is 0 Å². The molecule has 22 heavy (non-hydrogen) atoms. The van der Waals surface area contributed by atoms with Crippen molar-refractivity contribution >= 4 is 25.0 Å². The summed E-state index contributed by atoms with van der Waals surface area (Å²) in [5.41, 5.74) is 0.925. The molecule has 110 valence electrons. The summed E-state index contributed by atoms with van der Waals surface area (Å²) in [6.45, 7) is 6.71. The Morgan fingerprint density at radius 3 is 2.18 bits per heavy atom. The highest BCUT2D eigenvalue weighted by atomic mass is 32.2. The van der Waals surface area contributed by atoms with Crippen LogP contribution in [0.15, 0.2) is 46.2 Å². The fraction of sp³-hybridized carbons (Fsp3) is 0.167. The molecule has 0 spiro atoms. The number of nitriles is 1. The Hall–Kier alpha value is -2.01. The third kappa shape index (κ3) is 3.25. The lowest BCUT2D eigenvalue weighted by atomic mass is 10.2. The number of halogens is 1. The smallest absolute Gasteiger partial charge is 0.142 e. The maximum absolute atomic E-state index is 13.7. The van der Waals surface area contributed by atoms with Crippen LogP contribution in [0.5, 0.6) is 0 Å². The van der Waals surface area contributed by atoms with E-state index in [-0.39, 0.29) is 5.56 Å². The molecule has 0 saturated carbocycles. The first-order valence-corrected chi connectivity index (χ1v) is 11.2. The largest absolute Gasteiger partial charge is 0.206 e. The van der Waals surface area contributed by atoms with Gasteiger partial charge in [0.15, 0.2) is 0 Å². The molecule has 0 radical (unpaired) electrons. The van der Waals surface area contributed by atoms with E-state index in [1.165, 1.54) is 23.0 Å². The van der Waals surface area contributed by atoms with Crippen molar-refractivity contribution in [2.45, 2.75) is 29.4 Å². The van der Waals surface area contributed by atoms with E-state index in [1.54, 1.807) is 12.1 Å². The summed E-state index contributed by atoms with van der Waals surface area (Å²) in [6.07, 6.45) is 5.72. The van der Waals surface area contributed by atoms with Crippen LogP contribution >= 0.6 is 11.8 Å². The van der Waals surface area contributed by atoms with Crippen LogP contribution in [0.25, 0.3) is 0 Å². The first-order valence-electron chi connectivity index (χ1n) is 6.85. The van der Waals surface area contributed by atoms with Gasteiger partial charge in [0, 0.05) is 15.4 Å².